The highest BCUT2D eigenvalue weighted by molar-refractivity contribution is 6.06. The zero-order valence-corrected chi connectivity index (χ0v) is 17.3. The van der Waals surface area contributed by atoms with E-state index in [4.69, 9.17) is 9.47 Å². The van der Waals surface area contributed by atoms with Gasteiger partial charge in [-0.15, -0.1) is 0 Å². The summed E-state index contributed by atoms with van der Waals surface area (Å²) in [6.45, 7) is 11.3. The average Bonchev–Trinajstić information content (AvgIpc) is 2.98. The van der Waals surface area contributed by atoms with Gasteiger partial charge in [0, 0.05) is 0 Å². The summed E-state index contributed by atoms with van der Waals surface area (Å²) < 4.78 is 10.3. The van der Waals surface area contributed by atoms with E-state index in [2.05, 4.69) is 20.6 Å². The number of rotatable bonds is 6. The number of carbonyl (C=O) groups is 4. The van der Waals surface area contributed by atoms with Crippen LogP contribution in [-0.4, -0.2) is 57.5 Å². The number of esters is 2. The van der Waals surface area contributed by atoms with Crippen molar-refractivity contribution in [2.75, 3.05) is 6.54 Å². The third-order valence-electron chi connectivity index (χ3n) is 3.00. The Morgan fingerprint density at radius 1 is 1.04 bits per heavy atom. The molecule has 0 saturated heterocycles. The topological polar surface area (TPSA) is 139 Å². The van der Waals surface area contributed by atoms with Gasteiger partial charge in [0.15, 0.2) is 5.69 Å². The number of H-pyrrole nitrogens is 1. The highest BCUT2D eigenvalue weighted by atomic mass is 16.6. The van der Waals surface area contributed by atoms with Gasteiger partial charge in [-0.3, -0.25) is 14.4 Å². The lowest BCUT2D eigenvalue weighted by molar-refractivity contribution is -0.157. The second-order valence-electron chi connectivity index (χ2n) is 8.12. The van der Waals surface area contributed by atoms with Crippen LogP contribution in [-0.2, 0) is 19.1 Å². The molecule has 2 amide bonds. The molecule has 1 aromatic rings. The molecule has 0 aliphatic heterocycles. The smallest absolute Gasteiger partial charge is 0.328 e. The number of aromatic amines is 1. The summed E-state index contributed by atoms with van der Waals surface area (Å²) in [4.78, 5) is 54.6. The molecule has 0 aliphatic rings. The van der Waals surface area contributed by atoms with Crippen LogP contribution in [0.2, 0.25) is 0 Å². The first-order chi connectivity index (χ1) is 12.7. The monoisotopic (exact) mass is 396 g/mol. The lowest BCUT2D eigenvalue weighted by Crippen LogP contribution is -2.43. The van der Waals surface area contributed by atoms with Crippen molar-refractivity contribution in [1.29, 1.82) is 0 Å². The van der Waals surface area contributed by atoms with Crippen molar-refractivity contribution in [1.82, 2.24) is 20.6 Å². The molecular formula is C18H28N4O6. The van der Waals surface area contributed by atoms with Gasteiger partial charge >= 0.3 is 11.9 Å². The summed E-state index contributed by atoms with van der Waals surface area (Å²) in [5.74, 6) is -2.68. The molecule has 156 valence electrons. The highest BCUT2D eigenvalue weighted by Gasteiger charge is 2.27. The number of hydrogen-bond acceptors (Lipinski definition) is 7. The lowest BCUT2D eigenvalue weighted by Gasteiger charge is -2.22. The van der Waals surface area contributed by atoms with E-state index in [1.54, 1.807) is 41.5 Å². The summed E-state index contributed by atoms with van der Waals surface area (Å²) in [5.41, 5.74) is -1.73. The molecule has 0 aromatic carbocycles. The molecule has 1 atom stereocenters. The molecule has 0 radical (unpaired) electrons. The van der Waals surface area contributed by atoms with E-state index in [0.717, 1.165) is 6.33 Å². The van der Waals surface area contributed by atoms with Crippen LogP contribution in [0.1, 0.15) is 69.4 Å². The Labute approximate surface area is 163 Å². The quantitative estimate of drug-likeness (QED) is 0.608. The summed E-state index contributed by atoms with van der Waals surface area (Å²) in [6.07, 6.45) is 1.16. The zero-order chi connectivity index (χ0) is 21.7. The number of aromatic nitrogens is 2. The molecule has 0 spiro atoms. The van der Waals surface area contributed by atoms with Crippen LogP contribution in [0.4, 0.5) is 0 Å². The van der Waals surface area contributed by atoms with Crippen LogP contribution >= 0.6 is 0 Å². The largest absolute Gasteiger partial charge is 0.459 e. The summed E-state index contributed by atoms with van der Waals surface area (Å²) in [7, 11) is 0. The minimum atomic E-state index is -0.943. The van der Waals surface area contributed by atoms with Gasteiger partial charge in [0.2, 0.25) is 0 Å². The van der Waals surface area contributed by atoms with Crippen molar-refractivity contribution >= 4 is 23.8 Å². The SMILES string of the molecule is C[C@H](NC(=O)c1nc[nH]c1C(=O)NCC(=O)OC(C)(C)C)C(=O)OC(C)(C)C. The fourth-order valence-electron chi connectivity index (χ4n) is 1.97. The van der Waals surface area contributed by atoms with E-state index in [1.165, 1.54) is 6.92 Å². The third-order valence-corrected chi connectivity index (χ3v) is 3.00. The molecule has 0 aliphatic carbocycles. The van der Waals surface area contributed by atoms with Crippen LogP contribution in [0.5, 0.6) is 0 Å². The Kier molecular flexibility index (Phi) is 7.31. The van der Waals surface area contributed by atoms with E-state index in [0.29, 0.717) is 0 Å². The standard InChI is InChI=1S/C18H28N4O6/c1-10(16(26)28-18(5,6)7)22-15(25)13-12(20-9-21-13)14(24)19-8-11(23)27-17(2,3)4/h9-10H,8H2,1-7H3,(H,19,24)(H,20,21)(H,22,25)/t10-/m0/s1. The first-order valence-corrected chi connectivity index (χ1v) is 8.77. The van der Waals surface area contributed by atoms with Gasteiger partial charge in [0.25, 0.3) is 11.8 Å². The van der Waals surface area contributed by atoms with Crippen LogP contribution in [0.3, 0.4) is 0 Å². The maximum atomic E-state index is 12.4. The van der Waals surface area contributed by atoms with Crippen LogP contribution in [0, 0.1) is 0 Å². The molecule has 1 rings (SSSR count). The Bertz CT molecular complexity index is 742. The first-order valence-electron chi connectivity index (χ1n) is 8.77. The first kappa shape index (κ1) is 23.1. The number of nitrogens with one attached hydrogen (secondary N) is 3. The van der Waals surface area contributed by atoms with Crippen molar-refractivity contribution in [3.8, 4) is 0 Å². The molecule has 28 heavy (non-hydrogen) atoms. The molecule has 1 aromatic heterocycles. The van der Waals surface area contributed by atoms with Crippen molar-refractivity contribution in [3.63, 3.8) is 0 Å². The molecule has 0 fully saturated rings. The zero-order valence-electron chi connectivity index (χ0n) is 17.3. The molecule has 0 bridgehead atoms. The lowest BCUT2D eigenvalue weighted by atomic mass is 10.2. The van der Waals surface area contributed by atoms with Crippen molar-refractivity contribution in [2.24, 2.45) is 0 Å². The van der Waals surface area contributed by atoms with E-state index >= 15 is 0 Å². The molecule has 0 saturated carbocycles. The average molecular weight is 396 g/mol. The van der Waals surface area contributed by atoms with Gasteiger partial charge in [-0.2, -0.15) is 0 Å². The Morgan fingerprint density at radius 2 is 1.61 bits per heavy atom. The van der Waals surface area contributed by atoms with E-state index in [1.807, 2.05) is 0 Å². The summed E-state index contributed by atoms with van der Waals surface area (Å²) >= 11 is 0. The van der Waals surface area contributed by atoms with Crippen LogP contribution in [0.25, 0.3) is 0 Å². The summed E-state index contributed by atoms with van der Waals surface area (Å²) in [5, 5.41) is 4.78. The Hall–Kier alpha value is -2.91. The van der Waals surface area contributed by atoms with Crippen molar-refractivity contribution in [3.05, 3.63) is 17.7 Å². The van der Waals surface area contributed by atoms with Gasteiger partial charge in [0.1, 0.15) is 29.5 Å². The predicted octanol–water partition coefficient (Wildman–Crippen LogP) is 0.941. The van der Waals surface area contributed by atoms with Crippen molar-refractivity contribution < 1.29 is 28.7 Å². The van der Waals surface area contributed by atoms with Crippen LogP contribution in [0.15, 0.2) is 6.33 Å². The maximum Gasteiger partial charge on any atom is 0.328 e. The van der Waals surface area contributed by atoms with Gasteiger partial charge in [-0.05, 0) is 48.5 Å². The van der Waals surface area contributed by atoms with Gasteiger partial charge in [-0.1, -0.05) is 0 Å². The van der Waals surface area contributed by atoms with Crippen molar-refractivity contribution in [2.45, 2.75) is 65.7 Å². The van der Waals surface area contributed by atoms with Gasteiger partial charge < -0.3 is 25.1 Å². The highest BCUT2D eigenvalue weighted by Crippen LogP contribution is 2.10. The minimum absolute atomic E-state index is 0.141. The number of amides is 2. The molecule has 0 unspecified atom stereocenters. The Morgan fingerprint density at radius 3 is 2.14 bits per heavy atom. The van der Waals surface area contributed by atoms with Gasteiger partial charge in [0.05, 0.1) is 6.33 Å². The fraction of sp³-hybridized carbons (Fsp3) is 0.611. The predicted molar refractivity (Wildman–Crippen MR) is 99.5 cm³/mol. The normalized spacial score (nSPS) is 12.7. The third kappa shape index (κ3) is 7.77. The fourth-order valence-corrected chi connectivity index (χ4v) is 1.97. The molecule has 10 heteroatoms. The minimum Gasteiger partial charge on any atom is -0.459 e. The Balaban J connectivity index is 2.71. The number of carbonyl (C=O) groups excluding carboxylic acids is 4. The number of hydrogen-bond donors (Lipinski definition) is 3. The number of nitrogens with zero attached hydrogens (tertiary/aromatic N) is 1. The van der Waals surface area contributed by atoms with E-state index in [-0.39, 0.29) is 17.9 Å². The van der Waals surface area contributed by atoms with Crippen LogP contribution < -0.4 is 10.6 Å². The second kappa shape index (κ2) is 8.85. The molecule has 1 heterocycles. The maximum absolute atomic E-state index is 12.4. The van der Waals surface area contributed by atoms with Gasteiger partial charge in [-0.25, -0.2) is 9.78 Å². The molecular weight excluding hydrogens is 368 g/mol. The molecule has 10 nitrogen and oxygen atoms in total. The number of imidazole rings is 1. The number of ether oxygens (including phenoxy) is 2. The summed E-state index contributed by atoms with van der Waals surface area (Å²) in [6, 6.07) is -0.943. The molecule has 3 N–H and O–H groups in total. The second-order valence-corrected chi connectivity index (χ2v) is 8.12. The van der Waals surface area contributed by atoms with E-state index in [9.17, 15) is 19.2 Å². The van der Waals surface area contributed by atoms with E-state index < -0.39 is 41.0 Å².